The number of carbonyl (C=O) groups is 2. The highest BCUT2D eigenvalue weighted by atomic mass is 35.5. The van der Waals surface area contributed by atoms with E-state index in [2.05, 4.69) is 0 Å². The molecule has 1 aliphatic heterocycles. The first kappa shape index (κ1) is 20.3. The molecule has 0 saturated carbocycles. The molecule has 2 amide bonds. The lowest BCUT2D eigenvalue weighted by atomic mass is 10.1. The number of halogens is 2. The standard InChI is InChI=1S/C18H14Cl2N2O5S/c19-11-3-6-13(14(20)9-11)15-16(23)18(25)22(17(15)24)8-7-10-1-4-12(5-2-10)28(21,26)27/h1-6,9,23H,7-8H2,(H2,21,26,27). The number of amides is 2. The number of nitrogens with two attached hydrogens (primary N) is 1. The fourth-order valence-corrected chi connectivity index (χ4v) is 3.81. The highest BCUT2D eigenvalue weighted by Gasteiger charge is 2.39. The fourth-order valence-electron chi connectivity index (χ4n) is 2.79. The quantitative estimate of drug-likeness (QED) is 0.692. The molecule has 3 rings (SSSR count). The van der Waals surface area contributed by atoms with Gasteiger partial charge in [-0.05, 0) is 36.2 Å². The summed E-state index contributed by atoms with van der Waals surface area (Å²) in [6, 6.07) is 10.1. The van der Waals surface area contributed by atoms with E-state index in [1.807, 2.05) is 0 Å². The highest BCUT2D eigenvalue weighted by Crippen LogP contribution is 2.33. The Morgan fingerprint density at radius 1 is 1.00 bits per heavy atom. The minimum atomic E-state index is -3.80. The molecule has 1 aliphatic rings. The molecule has 1 heterocycles. The topological polar surface area (TPSA) is 118 Å². The molecule has 0 fully saturated rings. The Hall–Kier alpha value is -2.39. The van der Waals surface area contributed by atoms with Crippen LogP contribution >= 0.6 is 23.2 Å². The second kappa shape index (κ2) is 7.56. The van der Waals surface area contributed by atoms with Crippen LogP contribution in [0.1, 0.15) is 11.1 Å². The van der Waals surface area contributed by atoms with Gasteiger partial charge in [0.25, 0.3) is 11.8 Å². The minimum absolute atomic E-state index is 0.00877. The molecule has 0 unspecified atom stereocenters. The second-order valence-corrected chi connectivity index (χ2v) is 8.45. The minimum Gasteiger partial charge on any atom is -0.502 e. The molecule has 2 aromatic carbocycles. The van der Waals surface area contributed by atoms with Crippen molar-refractivity contribution in [2.24, 2.45) is 5.14 Å². The smallest absolute Gasteiger partial charge is 0.296 e. The number of rotatable bonds is 5. The van der Waals surface area contributed by atoms with Gasteiger partial charge in [-0.25, -0.2) is 13.6 Å². The molecule has 3 N–H and O–H groups in total. The van der Waals surface area contributed by atoms with Gasteiger partial charge >= 0.3 is 0 Å². The van der Waals surface area contributed by atoms with Gasteiger partial charge in [-0.15, -0.1) is 0 Å². The van der Waals surface area contributed by atoms with E-state index in [0.717, 1.165) is 4.90 Å². The fraction of sp³-hybridized carbons (Fsp3) is 0.111. The van der Waals surface area contributed by atoms with Crippen LogP contribution in [-0.4, -0.2) is 36.8 Å². The molecule has 0 saturated heterocycles. The Labute approximate surface area is 171 Å². The van der Waals surface area contributed by atoms with Crippen LogP contribution in [0.5, 0.6) is 0 Å². The van der Waals surface area contributed by atoms with Crippen LogP contribution in [-0.2, 0) is 26.0 Å². The Balaban J connectivity index is 1.78. The molecule has 0 radical (unpaired) electrons. The van der Waals surface area contributed by atoms with Gasteiger partial charge < -0.3 is 5.11 Å². The highest BCUT2D eigenvalue weighted by molar-refractivity contribution is 7.89. The van der Waals surface area contributed by atoms with E-state index in [1.54, 1.807) is 0 Å². The summed E-state index contributed by atoms with van der Waals surface area (Å²) in [5, 5.41) is 15.7. The third kappa shape index (κ3) is 3.90. The van der Waals surface area contributed by atoms with Crippen molar-refractivity contribution in [1.82, 2.24) is 4.90 Å². The number of hydrogen-bond donors (Lipinski definition) is 2. The van der Waals surface area contributed by atoms with E-state index in [1.165, 1.54) is 42.5 Å². The summed E-state index contributed by atoms with van der Waals surface area (Å²) in [6.07, 6.45) is 0.261. The summed E-state index contributed by atoms with van der Waals surface area (Å²) in [6.45, 7) is -0.00877. The predicted molar refractivity (Wildman–Crippen MR) is 104 cm³/mol. The van der Waals surface area contributed by atoms with Gasteiger partial charge in [0.2, 0.25) is 10.0 Å². The predicted octanol–water partition coefficient (Wildman–Crippen LogP) is 2.52. The van der Waals surface area contributed by atoms with Crippen molar-refractivity contribution in [1.29, 1.82) is 0 Å². The molecule has 28 heavy (non-hydrogen) atoms. The first-order valence-corrected chi connectivity index (χ1v) is 10.3. The van der Waals surface area contributed by atoms with Gasteiger partial charge in [-0.1, -0.05) is 41.4 Å². The Morgan fingerprint density at radius 2 is 1.64 bits per heavy atom. The maximum atomic E-state index is 12.7. The molecule has 0 aromatic heterocycles. The van der Waals surface area contributed by atoms with Gasteiger partial charge in [0.15, 0.2) is 5.76 Å². The van der Waals surface area contributed by atoms with Crippen LogP contribution in [0.3, 0.4) is 0 Å². The van der Waals surface area contributed by atoms with Crippen LogP contribution in [0.25, 0.3) is 5.57 Å². The first-order chi connectivity index (χ1) is 13.1. The zero-order valence-corrected chi connectivity index (χ0v) is 16.6. The molecule has 0 spiro atoms. The molecule has 0 atom stereocenters. The maximum absolute atomic E-state index is 12.7. The summed E-state index contributed by atoms with van der Waals surface area (Å²) in [5.74, 6) is -2.18. The van der Waals surface area contributed by atoms with Crippen LogP contribution in [0.15, 0.2) is 53.1 Å². The third-order valence-corrected chi connectivity index (χ3v) is 5.70. The molecular weight excluding hydrogens is 427 g/mol. The lowest BCUT2D eigenvalue weighted by Gasteiger charge is -2.15. The monoisotopic (exact) mass is 440 g/mol. The number of benzene rings is 2. The number of aliphatic hydroxyl groups excluding tert-OH is 1. The molecular formula is C18H14Cl2N2O5S. The summed E-state index contributed by atoms with van der Waals surface area (Å²) >= 11 is 11.9. The summed E-state index contributed by atoms with van der Waals surface area (Å²) < 4.78 is 22.6. The van der Waals surface area contributed by atoms with Gasteiger partial charge in [-0.2, -0.15) is 0 Å². The molecule has 2 aromatic rings. The molecule has 146 valence electrons. The van der Waals surface area contributed by atoms with Gasteiger partial charge in [0, 0.05) is 17.1 Å². The SMILES string of the molecule is NS(=O)(=O)c1ccc(CCN2C(=O)C(O)=C(c3ccc(Cl)cc3Cl)C2=O)cc1. The van der Waals surface area contributed by atoms with E-state index in [0.29, 0.717) is 10.6 Å². The zero-order chi connectivity index (χ0) is 20.6. The molecule has 0 bridgehead atoms. The van der Waals surface area contributed by atoms with Crippen LogP contribution < -0.4 is 5.14 Å². The van der Waals surface area contributed by atoms with Gasteiger partial charge in [0.1, 0.15) is 0 Å². The zero-order valence-electron chi connectivity index (χ0n) is 14.2. The van der Waals surface area contributed by atoms with E-state index in [4.69, 9.17) is 28.3 Å². The molecule has 10 heteroatoms. The number of nitrogens with zero attached hydrogens (tertiary/aromatic N) is 1. The largest absolute Gasteiger partial charge is 0.502 e. The summed E-state index contributed by atoms with van der Waals surface area (Å²) in [4.78, 5) is 25.9. The Bertz CT molecular complexity index is 1110. The normalized spacial score (nSPS) is 14.9. The maximum Gasteiger partial charge on any atom is 0.296 e. The second-order valence-electron chi connectivity index (χ2n) is 6.05. The summed E-state index contributed by atoms with van der Waals surface area (Å²) in [7, 11) is -3.80. The first-order valence-electron chi connectivity index (χ1n) is 7.96. The number of imide groups is 1. The van der Waals surface area contributed by atoms with Crippen molar-refractivity contribution < 1.29 is 23.1 Å². The van der Waals surface area contributed by atoms with Crippen LogP contribution in [0.4, 0.5) is 0 Å². The van der Waals surface area contributed by atoms with Crippen LogP contribution in [0.2, 0.25) is 10.0 Å². The van der Waals surface area contributed by atoms with Gasteiger partial charge in [0.05, 0.1) is 15.5 Å². The van der Waals surface area contributed by atoms with E-state index in [-0.39, 0.29) is 34.0 Å². The number of primary sulfonamides is 1. The average Bonchev–Trinajstić information content (AvgIpc) is 2.83. The van der Waals surface area contributed by atoms with Crippen molar-refractivity contribution in [3.63, 3.8) is 0 Å². The van der Waals surface area contributed by atoms with Crippen molar-refractivity contribution in [3.8, 4) is 0 Å². The Kier molecular flexibility index (Phi) is 5.49. The van der Waals surface area contributed by atoms with E-state index in [9.17, 15) is 23.1 Å². The molecule has 7 nitrogen and oxygen atoms in total. The lowest BCUT2D eigenvalue weighted by Crippen LogP contribution is -2.33. The average molecular weight is 441 g/mol. The van der Waals surface area contributed by atoms with Crippen molar-refractivity contribution in [2.75, 3.05) is 6.54 Å². The van der Waals surface area contributed by atoms with Crippen LogP contribution in [0, 0.1) is 0 Å². The van der Waals surface area contributed by atoms with Crippen molar-refractivity contribution in [3.05, 3.63) is 69.4 Å². The number of hydrogen-bond acceptors (Lipinski definition) is 5. The summed E-state index contributed by atoms with van der Waals surface area (Å²) in [5.41, 5.74) is 0.712. The lowest BCUT2D eigenvalue weighted by molar-refractivity contribution is -0.138. The van der Waals surface area contributed by atoms with Crippen molar-refractivity contribution in [2.45, 2.75) is 11.3 Å². The van der Waals surface area contributed by atoms with Gasteiger partial charge in [-0.3, -0.25) is 14.5 Å². The number of aliphatic hydroxyl groups is 1. The van der Waals surface area contributed by atoms with E-state index >= 15 is 0 Å². The number of sulfonamides is 1. The Morgan fingerprint density at radius 3 is 2.21 bits per heavy atom. The van der Waals surface area contributed by atoms with E-state index < -0.39 is 27.6 Å². The van der Waals surface area contributed by atoms with Crippen molar-refractivity contribution >= 4 is 50.6 Å². The molecule has 0 aliphatic carbocycles. The number of carbonyl (C=O) groups excluding carboxylic acids is 2. The third-order valence-electron chi connectivity index (χ3n) is 4.22.